The molecule has 1 heterocycles. The Bertz CT molecular complexity index is 536. The number of likely N-dealkylation sites (N-methyl/N-ethyl adjacent to an activating group) is 1. The predicted molar refractivity (Wildman–Crippen MR) is 73.0 cm³/mol. The van der Waals surface area contributed by atoms with E-state index >= 15 is 0 Å². The molecule has 1 fully saturated rings. The van der Waals surface area contributed by atoms with Gasteiger partial charge in [0.15, 0.2) is 0 Å². The Morgan fingerprint density at radius 2 is 2.16 bits per heavy atom. The van der Waals surface area contributed by atoms with Gasteiger partial charge in [0.05, 0.1) is 6.54 Å². The smallest absolute Gasteiger partial charge is 0.320 e. The van der Waals surface area contributed by atoms with Gasteiger partial charge in [0.1, 0.15) is 6.04 Å². The van der Waals surface area contributed by atoms with E-state index < -0.39 is 11.9 Å². The summed E-state index contributed by atoms with van der Waals surface area (Å²) in [6.07, 6.45) is 0. The minimum atomic E-state index is -0.599. The van der Waals surface area contributed by atoms with Gasteiger partial charge in [-0.3, -0.25) is 4.79 Å². The second kappa shape index (κ2) is 5.27. The molecule has 0 spiro atoms. The van der Waals surface area contributed by atoms with Crippen LogP contribution in [0.2, 0.25) is 10.0 Å². The molecule has 1 aliphatic rings. The molecule has 0 bridgehead atoms. The Morgan fingerprint density at radius 1 is 1.47 bits per heavy atom. The molecule has 0 saturated carbocycles. The highest BCUT2D eigenvalue weighted by atomic mass is 35.5. The van der Waals surface area contributed by atoms with Crippen molar-refractivity contribution in [2.75, 3.05) is 13.6 Å². The molecule has 0 radical (unpaired) electrons. The van der Waals surface area contributed by atoms with Crippen LogP contribution in [0.5, 0.6) is 0 Å². The Hall–Kier alpha value is -1.46. The Balaban J connectivity index is 2.16. The summed E-state index contributed by atoms with van der Waals surface area (Å²) in [5.41, 5.74) is 6.03. The average Bonchev–Trinajstić information content (AvgIpc) is 2.61. The van der Waals surface area contributed by atoms with E-state index in [0.29, 0.717) is 16.6 Å². The number of hydrogen-bond acceptors (Lipinski definition) is 2. The minimum absolute atomic E-state index is 0.241. The van der Waals surface area contributed by atoms with E-state index in [1.807, 2.05) is 0 Å². The van der Waals surface area contributed by atoms with Crippen molar-refractivity contribution in [2.24, 2.45) is 5.73 Å². The second-order valence-corrected chi connectivity index (χ2v) is 5.27. The lowest BCUT2D eigenvalue weighted by atomic mass is 10.2. The zero-order valence-electron chi connectivity index (χ0n) is 10.3. The van der Waals surface area contributed by atoms with Crippen LogP contribution in [0.4, 0.5) is 4.79 Å². The van der Waals surface area contributed by atoms with Gasteiger partial charge in [-0.25, -0.2) is 4.79 Å². The number of rotatable bonds is 3. The summed E-state index contributed by atoms with van der Waals surface area (Å²) in [6, 6.07) is 4.25. The molecule has 0 aliphatic carbocycles. The van der Waals surface area contributed by atoms with Crippen LogP contribution in [0.15, 0.2) is 18.2 Å². The fraction of sp³-hybridized carbons (Fsp3) is 0.333. The van der Waals surface area contributed by atoms with Gasteiger partial charge in [-0.05, 0) is 17.7 Å². The molecule has 0 aromatic heterocycles. The van der Waals surface area contributed by atoms with Crippen molar-refractivity contribution in [3.8, 4) is 0 Å². The number of nitrogens with zero attached hydrogens (tertiary/aromatic N) is 2. The van der Waals surface area contributed by atoms with Crippen LogP contribution in [0.3, 0.4) is 0 Å². The SMILES string of the molecule is CN1C(=O)N(Cc2ccc(Cl)cc2Cl)CC1C(N)=O. The topological polar surface area (TPSA) is 66.6 Å². The highest BCUT2D eigenvalue weighted by Crippen LogP contribution is 2.24. The van der Waals surface area contributed by atoms with Gasteiger partial charge in [0.25, 0.3) is 0 Å². The number of nitrogens with two attached hydrogens (primary N) is 1. The van der Waals surface area contributed by atoms with Crippen LogP contribution in [-0.2, 0) is 11.3 Å². The van der Waals surface area contributed by atoms with Crippen molar-refractivity contribution in [3.05, 3.63) is 33.8 Å². The third kappa shape index (κ3) is 2.77. The molecule has 3 amide bonds. The van der Waals surface area contributed by atoms with E-state index in [0.717, 1.165) is 5.56 Å². The number of urea groups is 1. The zero-order chi connectivity index (χ0) is 14.2. The minimum Gasteiger partial charge on any atom is -0.368 e. The molecular weight excluding hydrogens is 289 g/mol. The number of halogens is 2. The molecule has 7 heteroatoms. The molecule has 1 aliphatic heterocycles. The first kappa shape index (κ1) is 14.0. The molecule has 1 atom stereocenters. The fourth-order valence-electron chi connectivity index (χ4n) is 2.03. The third-order valence-electron chi connectivity index (χ3n) is 3.14. The van der Waals surface area contributed by atoms with E-state index in [1.54, 1.807) is 25.2 Å². The van der Waals surface area contributed by atoms with Crippen LogP contribution >= 0.6 is 23.2 Å². The third-order valence-corrected chi connectivity index (χ3v) is 3.72. The lowest BCUT2D eigenvalue weighted by molar-refractivity contribution is -0.121. The van der Waals surface area contributed by atoms with Gasteiger partial charge >= 0.3 is 6.03 Å². The van der Waals surface area contributed by atoms with Gasteiger partial charge in [-0.1, -0.05) is 29.3 Å². The van der Waals surface area contributed by atoms with Crippen LogP contribution in [0.1, 0.15) is 5.56 Å². The molecule has 2 rings (SSSR count). The van der Waals surface area contributed by atoms with Crippen molar-refractivity contribution in [3.63, 3.8) is 0 Å². The largest absolute Gasteiger partial charge is 0.368 e. The quantitative estimate of drug-likeness (QED) is 0.923. The molecular formula is C12H13Cl2N3O2. The van der Waals surface area contributed by atoms with Gasteiger partial charge in [0, 0.05) is 23.6 Å². The lowest BCUT2D eigenvalue weighted by Crippen LogP contribution is -2.40. The van der Waals surface area contributed by atoms with E-state index in [-0.39, 0.29) is 12.6 Å². The van der Waals surface area contributed by atoms with Crippen LogP contribution in [0.25, 0.3) is 0 Å². The number of carbonyl (C=O) groups is 2. The van der Waals surface area contributed by atoms with Crippen LogP contribution in [0, 0.1) is 0 Å². The molecule has 1 saturated heterocycles. The zero-order valence-corrected chi connectivity index (χ0v) is 11.8. The maximum absolute atomic E-state index is 12.0. The molecule has 1 aromatic carbocycles. The number of amides is 3. The molecule has 102 valence electrons. The molecule has 2 N–H and O–H groups in total. The molecule has 5 nitrogen and oxygen atoms in total. The monoisotopic (exact) mass is 301 g/mol. The van der Waals surface area contributed by atoms with E-state index in [9.17, 15) is 9.59 Å². The number of hydrogen-bond donors (Lipinski definition) is 1. The molecule has 1 unspecified atom stereocenters. The van der Waals surface area contributed by atoms with E-state index in [2.05, 4.69) is 0 Å². The second-order valence-electron chi connectivity index (χ2n) is 4.43. The van der Waals surface area contributed by atoms with Crippen molar-refractivity contribution < 1.29 is 9.59 Å². The van der Waals surface area contributed by atoms with Crippen LogP contribution in [-0.4, -0.2) is 41.4 Å². The summed E-state index contributed by atoms with van der Waals surface area (Å²) in [7, 11) is 1.56. The first-order valence-electron chi connectivity index (χ1n) is 5.65. The maximum atomic E-state index is 12.0. The summed E-state index contributed by atoms with van der Waals surface area (Å²) in [4.78, 5) is 26.1. The summed E-state index contributed by atoms with van der Waals surface area (Å²) >= 11 is 11.9. The fourth-order valence-corrected chi connectivity index (χ4v) is 2.50. The van der Waals surface area contributed by atoms with E-state index in [1.165, 1.54) is 9.80 Å². The van der Waals surface area contributed by atoms with Crippen molar-refractivity contribution in [1.29, 1.82) is 0 Å². The highest BCUT2D eigenvalue weighted by molar-refractivity contribution is 6.35. The number of primary amides is 1. The standard InChI is InChI=1S/C12H13Cl2N3O2/c1-16-10(11(15)18)6-17(12(16)19)5-7-2-3-8(13)4-9(7)14/h2-4,10H,5-6H2,1H3,(H2,15,18). The predicted octanol–water partition coefficient (Wildman–Crippen LogP) is 1.71. The highest BCUT2D eigenvalue weighted by Gasteiger charge is 2.37. The van der Waals surface area contributed by atoms with Crippen molar-refractivity contribution in [1.82, 2.24) is 9.80 Å². The summed E-state index contributed by atoms with van der Waals surface area (Å²) < 4.78 is 0. The van der Waals surface area contributed by atoms with Gasteiger partial charge in [0.2, 0.25) is 5.91 Å². The Labute approximate surface area is 120 Å². The van der Waals surface area contributed by atoms with Gasteiger partial charge in [-0.15, -0.1) is 0 Å². The molecule has 19 heavy (non-hydrogen) atoms. The normalized spacial score (nSPS) is 19.1. The Morgan fingerprint density at radius 3 is 2.68 bits per heavy atom. The van der Waals surface area contributed by atoms with Gasteiger partial charge in [-0.2, -0.15) is 0 Å². The first-order valence-corrected chi connectivity index (χ1v) is 6.40. The number of carbonyl (C=O) groups excluding carboxylic acids is 2. The average molecular weight is 302 g/mol. The van der Waals surface area contributed by atoms with Crippen molar-refractivity contribution in [2.45, 2.75) is 12.6 Å². The summed E-state index contributed by atoms with van der Waals surface area (Å²) in [5, 5.41) is 1.03. The summed E-state index contributed by atoms with van der Waals surface area (Å²) in [6.45, 7) is 0.590. The number of benzene rings is 1. The maximum Gasteiger partial charge on any atom is 0.320 e. The van der Waals surface area contributed by atoms with Gasteiger partial charge < -0.3 is 15.5 Å². The van der Waals surface area contributed by atoms with Crippen molar-refractivity contribution >= 4 is 35.1 Å². The first-order chi connectivity index (χ1) is 8.90. The van der Waals surface area contributed by atoms with E-state index in [4.69, 9.17) is 28.9 Å². The summed E-state index contributed by atoms with van der Waals surface area (Å²) in [5.74, 6) is -0.513. The Kier molecular flexibility index (Phi) is 3.87. The molecule has 1 aromatic rings. The van der Waals surface area contributed by atoms with Crippen LogP contribution < -0.4 is 5.73 Å². The lowest BCUT2D eigenvalue weighted by Gasteiger charge is -2.16.